The fraction of sp³-hybridized carbons (Fsp3) is 0.111. The first-order chi connectivity index (χ1) is 13.5. The van der Waals surface area contributed by atoms with Crippen molar-refractivity contribution in [2.24, 2.45) is 0 Å². The van der Waals surface area contributed by atoms with Crippen LogP contribution < -0.4 is 10.0 Å². The maximum Gasteiger partial charge on any atom is 0.265 e. The van der Waals surface area contributed by atoms with E-state index in [9.17, 15) is 22.0 Å². The molecule has 0 saturated heterocycles. The average molecular weight is 458 g/mol. The summed E-state index contributed by atoms with van der Waals surface area (Å²) in [4.78, 5) is 16.8. The summed E-state index contributed by atoms with van der Waals surface area (Å²) in [7, 11) is -3.53. The highest BCUT2D eigenvalue weighted by Crippen LogP contribution is 2.34. The van der Waals surface area contributed by atoms with Crippen molar-refractivity contribution in [2.75, 3.05) is 16.3 Å². The molecule has 0 fully saturated rings. The summed E-state index contributed by atoms with van der Waals surface area (Å²) in [5, 5.41) is 2.81. The predicted octanol–water partition coefficient (Wildman–Crippen LogP) is 4.67. The number of hydrogen-bond acceptors (Lipinski definition) is 5. The van der Waals surface area contributed by atoms with Gasteiger partial charge >= 0.3 is 0 Å². The molecule has 152 valence electrons. The Bertz CT molecular complexity index is 1190. The lowest BCUT2D eigenvalue weighted by Gasteiger charge is -2.09. The first-order valence-corrected chi connectivity index (χ1v) is 11.1. The van der Waals surface area contributed by atoms with E-state index in [0.717, 1.165) is 30.0 Å². The molecule has 0 aliphatic rings. The van der Waals surface area contributed by atoms with Gasteiger partial charge in [-0.15, -0.1) is 11.3 Å². The van der Waals surface area contributed by atoms with Gasteiger partial charge in [0.2, 0.25) is 10.0 Å². The van der Waals surface area contributed by atoms with Crippen molar-refractivity contribution in [2.45, 2.75) is 6.92 Å². The van der Waals surface area contributed by atoms with Crippen LogP contribution in [0.15, 0.2) is 36.7 Å². The van der Waals surface area contributed by atoms with E-state index in [2.05, 4.69) is 15.0 Å². The molecule has 6 nitrogen and oxygen atoms in total. The molecule has 0 bridgehead atoms. The summed E-state index contributed by atoms with van der Waals surface area (Å²) >= 11 is 7.04. The Hall–Kier alpha value is -2.56. The minimum atomic E-state index is -3.53. The Labute approximate surface area is 174 Å². The zero-order chi connectivity index (χ0) is 21.3. The van der Waals surface area contributed by atoms with Gasteiger partial charge in [0.1, 0.15) is 0 Å². The standard InChI is InChI=1S/C18H14ClF2N3O3S2/c1-9-13(17-14(20)7-22-8-15(17)21)6-16(28-9)18(25)23-11-3-10(19)4-12(5-11)24-29(2,26)27/h3-8,24H,1-2H3,(H,23,25). The van der Waals surface area contributed by atoms with Gasteiger partial charge < -0.3 is 5.32 Å². The van der Waals surface area contributed by atoms with Crippen LogP contribution in [0, 0.1) is 18.6 Å². The number of carbonyl (C=O) groups is 1. The number of amides is 1. The molecular formula is C18H14ClF2N3O3S2. The molecule has 2 heterocycles. The smallest absolute Gasteiger partial charge is 0.265 e. The number of nitrogens with zero attached hydrogens (tertiary/aromatic N) is 1. The topological polar surface area (TPSA) is 88.2 Å². The van der Waals surface area contributed by atoms with Crippen molar-refractivity contribution in [3.05, 3.63) is 63.1 Å². The van der Waals surface area contributed by atoms with E-state index in [1.165, 1.54) is 24.3 Å². The number of benzene rings is 1. The van der Waals surface area contributed by atoms with E-state index in [4.69, 9.17) is 11.6 Å². The maximum absolute atomic E-state index is 14.0. The van der Waals surface area contributed by atoms with Crippen LogP contribution in [0.5, 0.6) is 0 Å². The highest BCUT2D eigenvalue weighted by molar-refractivity contribution is 7.92. The Kier molecular flexibility index (Phi) is 5.87. The van der Waals surface area contributed by atoms with Gasteiger partial charge in [0.25, 0.3) is 5.91 Å². The number of anilines is 2. The quantitative estimate of drug-likeness (QED) is 0.582. The van der Waals surface area contributed by atoms with Crippen LogP contribution in [0.4, 0.5) is 20.2 Å². The van der Waals surface area contributed by atoms with E-state index < -0.39 is 27.6 Å². The van der Waals surface area contributed by atoms with Gasteiger partial charge in [-0.2, -0.15) is 0 Å². The fourth-order valence-corrected chi connectivity index (χ4v) is 4.34. The van der Waals surface area contributed by atoms with Gasteiger partial charge in [-0.1, -0.05) is 11.6 Å². The van der Waals surface area contributed by atoms with Crippen LogP contribution in [0.2, 0.25) is 5.02 Å². The molecular weight excluding hydrogens is 444 g/mol. The molecule has 11 heteroatoms. The van der Waals surface area contributed by atoms with Crippen LogP contribution in [0.25, 0.3) is 11.1 Å². The fourth-order valence-electron chi connectivity index (χ4n) is 2.64. The van der Waals surface area contributed by atoms with Crippen LogP contribution in [-0.4, -0.2) is 25.6 Å². The lowest BCUT2D eigenvalue weighted by Crippen LogP contribution is -2.12. The molecule has 0 aliphatic heterocycles. The zero-order valence-electron chi connectivity index (χ0n) is 15.1. The Morgan fingerprint density at radius 1 is 1.10 bits per heavy atom. The van der Waals surface area contributed by atoms with E-state index in [-0.39, 0.29) is 32.4 Å². The van der Waals surface area contributed by atoms with Gasteiger partial charge in [-0.25, -0.2) is 17.2 Å². The maximum atomic E-state index is 14.0. The Balaban J connectivity index is 1.90. The molecule has 1 amide bonds. The third kappa shape index (κ3) is 5.08. The third-order valence-electron chi connectivity index (χ3n) is 3.72. The second-order valence-electron chi connectivity index (χ2n) is 6.12. The largest absolute Gasteiger partial charge is 0.321 e. The van der Waals surface area contributed by atoms with Crippen molar-refractivity contribution in [3.8, 4) is 11.1 Å². The molecule has 2 aromatic heterocycles. The molecule has 3 aromatic rings. The second-order valence-corrected chi connectivity index (χ2v) is 9.56. The molecule has 2 N–H and O–H groups in total. The van der Waals surface area contributed by atoms with Crippen molar-refractivity contribution in [1.82, 2.24) is 4.98 Å². The van der Waals surface area contributed by atoms with Gasteiger partial charge in [-0.3, -0.25) is 14.5 Å². The van der Waals surface area contributed by atoms with E-state index >= 15 is 0 Å². The van der Waals surface area contributed by atoms with Crippen molar-refractivity contribution in [1.29, 1.82) is 0 Å². The highest BCUT2D eigenvalue weighted by Gasteiger charge is 2.19. The minimum absolute atomic E-state index is 0.180. The van der Waals surface area contributed by atoms with Gasteiger partial charge in [0, 0.05) is 21.2 Å². The molecule has 0 saturated carbocycles. The number of nitrogens with one attached hydrogen (secondary N) is 2. The molecule has 1 aromatic carbocycles. The molecule has 0 radical (unpaired) electrons. The van der Waals surface area contributed by atoms with Crippen molar-refractivity contribution >= 4 is 50.2 Å². The third-order valence-corrected chi connectivity index (χ3v) is 5.60. The molecule has 3 rings (SSSR count). The number of aromatic nitrogens is 1. The van der Waals surface area contributed by atoms with Gasteiger partial charge in [-0.05, 0) is 31.2 Å². The van der Waals surface area contributed by atoms with Crippen LogP contribution in [0.1, 0.15) is 14.5 Å². The summed E-state index contributed by atoms with van der Waals surface area (Å²) in [6.45, 7) is 1.64. The summed E-state index contributed by atoms with van der Waals surface area (Å²) in [5.41, 5.74) is 0.431. The number of sulfonamides is 1. The van der Waals surface area contributed by atoms with Crippen LogP contribution in [0.3, 0.4) is 0 Å². The Morgan fingerprint density at radius 3 is 2.34 bits per heavy atom. The highest BCUT2D eigenvalue weighted by atomic mass is 35.5. The zero-order valence-corrected chi connectivity index (χ0v) is 17.5. The van der Waals surface area contributed by atoms with Crippen LogP contribution >= 0.6 is 22.9 Å². The summed E-state index contributed by atoms with van der Waals surface area (Å²) in [5.74, 6) is -2.19. The molecule has 0 unspecified atom stereocenters. The predicted molar refractivity (Wildman–Crippen MR) is 110 cm³/mol. The van der Waals surface area contributed by atoms with Gasteiger partial charge in [0.05, 0.1) is 34.8 Å². The summed E-state index contributed by atoms with van der Waals surface area (Å²) in [6, 6.07) is 5.61. The number of carbonyl (C=O) groups excluding carboxylic acids is 1. The van der Waals surface area contributed by atoms with E-state index in [1.54, 1.807) is 6.92 Å². The summed E-state index contributed by atoms with van der Waals surface area (Å²) < 4.78 is 53.1. The lowest BCUT2D eigenvalue weighted by atomic mass is 10.1. The lowest BCUT2D eigenvalue weighted by molar-refractivity contribution is 0.103. The number of hydrogen-bond donors (Lipinski definition) is 2. The van der Waals surface area contributed by atoms with Crippen LogP contribution in [-0.2, 0) is 10.0 Å². The number of rotatable bonds is 5. The van der Waals surface area contributed by atoms with Crippen molar-refractivity contribution < 1.29 is 22.0 Å². The van der Waals surface area contributed by atoms with Gasteiger partial charge in [0.15, 0.2) is 11.6 Å². The molecule has 0 atom stereocenters. The van der Waals surface area contributed by atoms with E-state index in [0.29, 0.717) is 4.88 Å². The monoisotopic (exact) mass is 457 g/mol. The molecule has 0 aliphatic carbocycles. The normalized spacial score (nSPS) is 11.3. The second kappa shape index (κ2) is 8.05. The first kappa shape index (κ1) is 21.2. The van der Waals surface area contributed by atoms with Crippen molar-refractivity contribution in [3.63, 3.8) is 0 Å². The number of pyridine rings is 1. The SMILES string of the molecule is Cc1sc(C(=O)Nc2cc(Cl)cc(NS(C)(=O)=O)c2)cc1-c1c(F)cncc1F. The summed E-state index contributed by atoms with van der Waals surface area (Å²) in [6.07, 6.45) is 2.79. The number of halogens is 3. The molecule has 29 heavy (non-hydrogen) atoms. The first-order valence-electron chi connectivity index (χ1n) is 8.03. The average Bonchev–Trinajstić information content (AvgIpc) is 2.94. The molecule has 0 spiro atoms. The Morgan fingerprint density at radius 2 is 1.72 bits per heavy atom. The number of aryl methyl sites for hydroxylation is 1. The van der Waals surface area contributed by atoms with E-state index in [1.807, 2.05) is 0 Å². The number of thiophene rings is 1. The minimum Gasteiger partial charge on any atom is -0.321 e.